The fraction of sp³-hybridized carbons (Fsp3) is 0.263. The summed E-state index contributed by atoms with van der Waals surface area (Å²) in [6.07, 6.45) is 0.687. The first kappa shape index (κ1) is 16.8. The molecule has 0 unspecified atom stereocenters. The average molecular weight is 340 g/mol. The highest BCUT2D eigenvalue weighted by Crippen LogP contribution is 2.26. The smallest absolute Gasteiger partial charge is 0.262 e. The van der Waals surface area contributed by atoms with Gasteiger partial charge >= 0.3 is 0 Å². The predicted octanol–water partition coefficient (Wildman–Crippen LogP) is 2.39. The molecule has 0 radical (unpaired) electrons. The molecule has 0 aromatic heterocycles. The molecule has 2 aromatic carbocycles. The van der Waals surface area contributed by atoms with Crippen molar-refractivity contribution in [2.75, 3.05) is 25.1 Å². The van der Waals surface area contributed by atoms with Crippen LogP contribution in [0.4, 0.5) is 5.69 Å². The number of anilines is 1. The molecule has 2 amide bonds. The Labute approximate surface area is 146 Å². The van der Waals surface area contributed by atoms with Gasteiger partial charge in [-0.2, -0.15) is 0 Å². The van der Waals surface area contributed by atoms with Gasteiger partial charge in [0, 0.05) is 17.7 Å². The van der Waals surface area contributed by atoms with Crippen molar-refractivity contribution in [2.24, 2.45) is 0 Å². The van der Waals surface area contributed by atoms with Crippen LogP contribution < -0.4 is 20.1 Å². The second-order valence-electron chi connectivity index (χ2n) is 5.55. The van der Waals surface area contributed by atoms with E-state index in [1.165, 1.54) is 0 Å². The minimum absolute atomic E-state index is 0.109. The number of fused-ring (bicyclic) bond motifs is 1. The number of ether oxygens (including phenoxy) is 2. The normalized spacial score (nSPS) is 12.8. The number of rotatable bonds is 6. The molecule has 0 saturated heterocycles. The first-order valence-corrected chi connectivity index (χ1v) is 8.23. The van der Waals surface area contributed by atoms with Gasteiger partial charge in [0.1, 0.15) is 11.5 Å². The summed E-state index contributed by atoms with van der Waals surface area (Å²) in [5.41, 5.74) is 2.05. The minimum atomic E-state index is -0.287. The highest BCUT2D eigenvalue weighted by atomic mass is 16.5. The average Bonchev–Trinajstić information content (AvgIpc) is 2.62. The molecular formula is C19H20N2O4. The van der Waals surface area contributed by atoms with Crippen LogP contribution in [0, 0.1) is 0 Å². The molecule has 6 nitrogen and oxygen atoms in total. The zero-order valence-corrected chi connectivity index (χ0v) is 14.0. The summed E-state index contributed by atoms with van der Waals surface area (Å²) in [7, 11) is 0. The molecule has 0 spiro atoms. The number of hydrogen-bond donors (Lipinski definition) is 2. The maximum atomic E-state index is 12.2. The summed E-state index contributed by atoms with van der Waals surface area (Å²) in [6, 6.07) is 12.5. The Hall–Kier alpha value is -3.02. The van der Waals surface area contributed by atoms with Gasteiger partial charge in [-0.3, -0.25) is 9.59 Å². The van der Waals surface area contributed by atoms with Gasteiger partial charge in [-0.25, -0.2) is 0 Å². The first-order valence-electron chi connectivity index (χ1n) is 8.23. The highest BCUT2D eigenvalue weighted by Gasteiger charge is 2.20. The lowest BCUT2D eigenvalue weighted by molar-refractivity contribution is -0.118. The quantitative estimate of drug-likeness (QED) is 0.846. The lowest BCUT2D eigenvalue weighted by Gasteiger charge is -2.19. The van der Waals surface area contributed by atoms with Crippen LogP contribution in [0.1, 0.15) is 22.8 Å². The summed E-state index contributed by atoms with van der Waals surface area (Å²) < 4.78 is 11.1. The van der Waals surface area contributed by atoms with Gasteiger partial charge in [-0.15, -0.1) is 0 Å². The zero-order valence-electron chi connectivity index (χ0n) is 14.0. The lowest BCUT2D eigenvalue weighted by Crippen LogP contribution is -2.32. The highest BCUT2D eigenvalue weighted by molar-refractivity contribution is 5.97. The van der Waals surface area contributed by atoms with Crippen molar-refractivity contribution in [3.63, 3.8) is 0 Å². The first-order chi connectivity index (χ1) is 12.2. The topological polar surface area (TPSA) is 76.7 Å². The van der Waals surface area contributed by atoms with Gasteiger partial charge in [0.2, 0.25) is 0 Å². The SMILES string of the molecule is CCOc1ccccc1NC(=O)COc1cccc2c1CCNC2=O. The summed E-state index contributed by atoms with van der Waals surface area (Å²) >= 11 is 0. The van der Waals surface area contributed by atoms with Crippen molar-refractivity contribution in [1.29, 1.82) is 0 Å². The standard InChI is InChI=1S/C19H20N2O4/c1-2-24-17-8-4-3-7-15(17)21-18(22)12-25-16-9-5-6-14-13(16)10-11-20-19(14)23/h3-9H,2,10-12H2,1H3,(H,20,23)(H,21,22). The van der Waals surface area contributed by atoms with Crippen molar-refractivity contribution in [3.05, 3.63) is 53.6 Å². The fourth-order valence-corrected chi connectivity index (χ4v) is 2.75. The molecule has 1 aliphatic heterocycles. The molecule has 0 aliphatic carbocycles. The van der Waals surface area contributed by atoms with Gasteiger partial charge in [0.05, 0.1) is 12.3 Å². The van der Waals surface area contributed by atoms with Crippen molar-refractivity contribution in [2.45, 2.75) is 13.3 Å². The molecule has 0 fully saturated rings. The minimum Gasteiger partial charge on any atom is -0.492 e. The Bertz CT molecular complexity index is 789. The van der Waals surface area contributed by atoms with E-state index >= 15 is 0 Å². The maximum Gasteiger partial charge on any atom is 0.262 e. The number of carbonyl (C=O) groups is 2. The van der Waals surface area contributed by atoms with Gasteiger partial charge in [0.15, 0.2) is 6.61 Å². The van der Waals surface area contributed by atoms with Gasteiger partial charge in [-0.05, 0) is 37.6 Å². The summed E-state index contributed by atoms with van der Waals surface area (Å²) in [5, 5.41) is 5.58. The number of amides is 2. The Balaban J connectivity index is 1.66. The zero-order chi connectivity index (χ0) is 17.6. The van der Waals surface area contributed by atoms with Crippen LogP contribution >= 0.6 is 0 Å². The van der Waals surface area contributed by atoms with E-state index in [2.05, 4.69) is 10.6 Å². The molecule has 130 valence electrons. The van der Waals surface area contributed by atoms with E-state index in [-0.39, 0.29) is 18.4 Å². The van der Waals surface area contributed by atoms with E-state index < -0.39 is 0 Å². The third kappa shape index (κ3) is 3.91. The summed E-state index contributed by atoms with van der Waals surface area (Å²) in [6.45, 7) is 2.83. The van der Waals surface area contributed by atoms with E-state index in [0.29, 0.717) is 42.3 Å². The number of carbonyl (C=O) groups excluding carboxylic acids is 2. The van der Waals surface area contributed by atoms with Crippen molar-refractivity contribution in [1.82, 2.24) is 5.32 Å². The molecule has 2 aromatic rings. The van der Waals surface area contributed by atoms with Crippen molar-refractivity contribution < 1.29 is 19.1 Å². The second kappa shape index (κ2) is 7.70. The van der Waals surface area contributed by atoms with E-state index in [9.17, 15) is 9.59 Å². The Morgan fingerprint density at radius 3 is 2.76 bits per heavy atom. The molecule has 3 rings (SSSR count). The van der Waals surface area contributed by atoms with Crippen LogP contribution in [-0.2, 0) is 11.2 Å². The van der Waals surface area contributed by atoms with Gasteiger partial charge in [0.25, 0.3) is 11.8 Å². The van der Waals surface area contributed by atoms with E-state index in [1.807, 2.05) is 19.1 Å². The van der Waals surface area contributed by atoms with Crippen LogP contribution in [0.15, 0.2) is 42.5 Å². The Morgan fingerprint density at radius 1 is 1.12 bits per heavy atom. The molecule has 6 heteroatoms. The van der Waals surface area contributed by atoms with E-state index in [1.54, 1.807) is 30.3 Å². The third-order valence-corrected chi connectivity index (χ3v) is 3.86. The fourth-order valence-electron chi connectivity index (χ4n) is 2.75. The number of nitrogens with one attached hydrogen (secondary N) is 2. The summed E-state index contributed by atoms with van der Waals surface area (Å²) in [4.78, 5) is 24.1. The molecule has 0 bridgehead atoms. The third-order valence-electron chi connectivity index (χ3n) is 3.86. The Morgan fingerprint density at radius 2 is 1.92 bits per heavy atom. The molecule has 25 heavy (non-hydrogen) atoms. The van der Waals surface area contributed by atoms with Crippen LogP contribution in [-0.4, -0.2) is 31.6 Å². The van der Waals surface area contributed by atoms with Crippen LogP contribution in [0.3, 0.4) is 0 Å². The lowest BCUT2D eigenvalue weighted by atomic mass is 9.99. The summed E-state index contributed by atoms with van der Waals surface area (Å²) in [5.74, 6) is 0.791. The Kier molecular flexibility index (Phi) is 5.18. The monoisotopic (exact) mass is 340 g/mol. The number of para-hydroxylation sites is 2. The molecule has 1 aliphatic rings. The van der Waals surface area contributed by atoms with Crippen LogP contribution in [0.25, 0.3) is 0 Å². The maximum absolute atomic E-state index is 12.2. The molecule has 0 saturated carbocycles. The van der Waals surface area contributed by atoms with Crippen molar-refractivity contribution >= 4 is 17.5 Å². The van der Waals surface area contributed by atoms with Crippen LogP contribution in [0.2, 0.25) is 0 Å². The van der Waals surface area contributed by atoms with Crippen molar-refractivity contribution in [3.8, 4) is 11.5 Å². The van der Waals surface area contributed by atoms with Gasteiger partial charge < -0.3 is 20.1 Å². The largest absolute Gasteiger partial charge is 0.492 e. The predicted molar refractivity (Wildman–Crippen MR) is 94.2 cm³/mol. The van der Waals surface area contributed by atoms with Crippen LogP contribution in [0.5, 0.6) is 11.5 Å². The molecular weight excluding hydrogens is 320 g/mol. The molecule has 2 N–H and O–H groups in total. The second-order valence-corrected chi connectivity index (χ2v) is 5.55. The van der Waals surface area contributed by atoms with E-state index in [0.717, 1.165) is 5.56 Å². The van der Waals surface area contributed by atoms with Gasteiger partial charge in [-0.1, -0.05) is 18.2 Å². The molecule has 1 heterocycles. The number of hydrogen-bond acceptors (Lipinski definition) is 4. The number of benzene rings is 2. The van der Waals surface area contributed by atoms with E-state index in [4.69, 9.17) is 9.47 Å². The molecule has 0 atom stereocenters.